The van der Waals surface area contributed by atoms with E-state index in [9.17, 15) is 19.5 Å². The summed E-state index contributed by atoms with van der Waals surface area (Å²) in [7, 11) is 5.85. The summed E-state index contributed by atoms with van der Waals surface area (Å²) < 4.78 is 21.6. The van der Waals surface area contributed by atoms with Crippen molar-refractivity contribution < 1.29 is 33.3 Å². The van der Waals surface area contributed by atoms with Gasteiger partial charge in [-0.2, -0.15) is 0 Å². The maximum Gasteiger partial charge on any atom is 0.343 e. The maximum atomic E-state index is 13.1. The Kier molecular flexibility index (Phi) is 8.21. The van der Waals surface area contributed by atoms with Gasteiger partial charge in [-0.15, -0.1) is 0 Å². The summed E-state index contributed by atoms with van der Waals surface area (Å²) in [5.41, 5.74) is 0.413. The lowest BCUT2D eigenvalue weighted by Gasteiger charge is -2.22. The zero-order valence-corrected chi connectivity index (χ0v) is 20.6. The van der Waals surface area contributed by atoms with Gasteiger partial charge in [-0.3, -0.25) is 9.59 Å². The molecule has 1 heterocycles. The summed E-state index contributed by atoms with van der Waals surface area (Å²) in [6, 6.07) is 10.9. The molecule has 10 nitrogen and oxygen atoms in total. The van der Waals surface area contributed by atoms with Gasteiger partial charge in [0.1, 0.15) is 11.5 Å². The lowest BCUT2D eigenvalue weighted by molar-refractivity contribution is -0.116. The topological polar surface area (TPSA) is 136 Å². The third kappa shape index (κ3) is 5.43. The Morgan fingerprint density at radius 3 is 2.22 bits per heavy atom. The van der Waals surface area contributed by atoms with Crippen LogP contribution in [0.1, 0.15) is 39.6 Å². The van der Waals surface area contributed by atoms with Crippen LogP contribution in [0.4, 0.5) is 5.69 Å². The van der Waals surface area contributed by atoms with Crippen LogP contribution in [-0.2, 0) is 4.79 Å². The Bertz CT molecular complexity index is 1310. The van der Waals surface area contributed by atoms with E-state index in [4.69, 9.17) is 18.6 Å². The molecule has 0 spiro atoms. The van der Waals surface area contributed by atoms with Crippen molar-refractivity contribution in [1.82, 2.24) is 5.32 Å². The van der Waals surface area contributed by atoms with Crippen molar-refractivity contribution in [3.63, 3.8) is 0 Å². The molecule has 2 amide bonds. The molecular weight excluding hydrogens is 468 g/mol. The number of rotatable bonds is 9. The van der Waals surface area contributed by atoms with Crippen molar-refractivity contribution >= 4 is 17.5 Å². The van der Waals surface area contributed by atoms with Crippen LogP contribution >= 0.6 is 0 Å². The highest BCUT2D eigenvalue weighted by Crippen LogP contribution is 2.46. The molecular formula is C26H28N2O8. The van der Waals surface area contributed by atoms with Gasteiger partial charge >= 0.3 is 5.63 Å². The highest BCUT2D eigenvalue weighted by molar-refractivity contribution is 5.96. The number of hydrogen-bond acceptors (Lipinski definition) is 8. The number of carbonyl (C=O) groups is 2. The summed E-state index contributed by atoms with van der Waals surface area (Å²) in [5, 5.41) is 16.0. The molecule has 10 heteroatoms. The number of aromatic hydroxyl groups is 1. The van der Waals surface area contributed by atoms with Gasteiger partial charge in [-0.1, -0.05) is 6.07 Å². The van der Waals surface area contributed by atoms with Gasteiger partial charge in [0, 0.05) is 42.3 Å². The summed E-state index contributed by atoms with van der Waals surface area (Å²) in [4.78, 5) is 37.7. The fourth-order valence-electron chi connectivity index (χ4n) is 3.94. The van der Waals surface area contributed by atoms with Gasteiger partial charge in [-0.05, 0) is 37.3 Å². The first-order valence-corrected chi connectivity index (χ1v) is 11.0. The van der Waals surface area contributed by atoms with Crippen LogP contribution in [0.3, 0.4) is 0 Å². The van der Waals surface area contributed by atoms with E-state index in [0.29, 0.717) is 22.6 Å². The SMILES string of the molecule is CNC(=O)c1ccc(NC(=O)CC(c2ccc(OC)c(OC)c2OC)c2c(O)cc(C)oc2=O)cc1. The third-order valence-electron chi connectivity index (χ3n) is 5.60. The zero-order valence-electron chi connectivity index (χ0n) is 20.6. The summed E-state index contributed by atoms with van der Waals surface area (Å²) in [6.45, 7) is 1.53. The number of hydrogen-bond donors (Lipinski definition) is 3. The minimum Gasteiger partial charge on any atom is -0.507 e. The second-order valence-corrected chi connectivity index (χ2v) is 7.83. The molecule has 0 aliphatic carbocycles. The molecule has 0 bridgehead atoms. The number of methoxy groups -OCH3 is 3. The summed E-state index contributed by atoms with van der Waals surface area (Å²) in [5.74, 6) is -0.862. The number of nitrogens with one attached hydrogen (secondary N) is 2. The molecule has 0 saturated carbocycles. The Labute approximate surface area is 207 Å². The van der Waals surface area contributed by atoms with E-state index in [1.807, 2.05) is 0 Å². The quantitative estimate of drug-likeness (QED) is 0.411. The molecule has 3 aromatic rings. The maximum absolute atomic E-state index is 13.1. The molecule has 190 valence electrons. The second kappa shape index (κ2) is 11.3. The van der Waals surface area contributed by atoms with Crippen molar-refractivity contribution in [2.24, 2.45) is 0 Å². The van der Waals surface area contributed by atoms with Gasteiger partial charge < -0.3 is 34.4 Å². The number of carbonyl (C=O) groups excluding carboxylic acids is 2. The first-order valence-electron chi connectivity index (χ1n) is 11.0. The predicted octanol–water partition coefficient (Wildman–Crippen LogP) is 3.20. The fourth-order valence-corrected chi connectivity index (χ4v) is 3.94. The van der Waals surface area contributed by atoms with Crippen LogP contribution in [0, 0.1) is 6.92 Å². The fraction of sp³-hybridized carbons (Fsp3) is 0.269. The molecule has 1 unspecified atom stereocenters. The van der Waals surface area contributed by atoms with Crippen molar-refractivity contribution in [3.8, 4) is 23.0 Å². The number of anilines is 1. The number of ether oxygens (including phenoxy) is 3. The monoisotopic (exact) mass is 496 g/mol. The minimum absolute atomic E-state index is 0.101. The molecule has 36 heavy (non-hydrogen) atoms. The highest BCUT2D eigenvalue weighted by Gasteiger charge is 2.30. The van der Waals surface area contributed by atoms with Gasteiger partial charge in [0.2, 0.25) is 11.7 Å². The smallest absolute Gasteiger partial charge is 0.343 e. The van der Waals surface area contributed by atoms with Crippen molar-refractivity contribution in [2.75, 3.05) is 33.7 Å². The number of benzene rings is 2. The van der Waals surface area contributed by atoms with Gasteiger partial charge in [0.25, 0.3) is 5.91 Å². The van der Waals surface area contributed by atoms with Crippen LogP contribution in [0.25, 0.3) is 0 Å². The Morgan fingerprint density at radius 1 is 1.00 bits per heavy atom. The van der Waals surface area contributed by atoms with Crippen LogP contribution in [0.5, 0.6) is 23.0 Å². The van der Waals surface area contributed by atoms with Gasteiger partial charge in [0.15, 0.2) is 11.5 Å². The Morgan fingerprint density at radius 2 is 1.67 bits per heavy atom. The number of aryl methyl sites for hydroxylation is 1. The van der Waals surface area contributed by atoms with E-state index >= 15 is 0 Å². The largest absolute Gasteiger partial charge is 0.507 e. The van der Waals surface area contributed by atoms with Crippen LogP contribution in [0.15, 0.2) is 51.7 Å². The molecule has 1 atom stereocenters. The van der Waals surface area contributed by atoms with E-state index in [2.05, 4.69) is 10.6 Å². The van der Waals surface area contributed by atoms with Crippen LogP contribution < -0.4 is 30.5 Å². The molecule has 3 N–H and O–H groups in total. The minimum atomic E-state index is -0.957. The van der Waals surface area contributed by atoms with E-state index in [-0.39, 0.29) is 40.9 Å². The lowest BCUT2D eigenvalue weighted by Crippen LogP contribution is -2.22. The molecule has 3 rings (SSSR count). The Balaban J connectivity index is 2.05. The lowest BCUT2D eigenvalue weighted by atomic mass is 9.87. The molecule has 1 aromatic heterocycles. The molecule has 0 saturated heterocycles. The first kappa shape index (κ1) is 26.1. The summed E-state index contributed by atoms with van der Waals surface area (Å²) in [6.07, 6.45) is -0.246. The van der Waals surface area contributed by atoms with E-state index in [1.165, 1.54) is 41.4 Å². The van der Waals surface area contributed by atoms with E-state index < -0.39 is 17.5 Å². The van der Waals surface area contributed by atoms with Gasteiger partial charge in [0.05, 0.1) is 26.9 Å². The highest BCUT2D eigenvalue weighted by atomic mass is 16.5. The first-order chi connectivity index (χ1) is 17.2. The molecule has 0 aliphatic heterocycles. The zero-order chi connectivity index (χ0) is 26.4. The Hall–Kier alpha value is -4.47. The molecule has 0 fully saturated rings. The normalized spacial score (nSPS) is 11.4. The molecule has 0 radical (unpaired) electrons. The second-order valence-electron chi connectivity index (χ2n) is 7.83. The van der Waals surface area contributed by atoms with Crippen LogP contribution in [0.2, 0.25) is 0 Å². The van der Waals surface area contributed by atoms with Crippen LogP contribution in [-0.4, -0.2) is 45.3 Å². The van der Waals surface area contributed by atoms with Crippen molar-refractivity contribution in [3.05, 3.63) is 75.3 Å². The average Bonchev–Trinajstić information content (AvgIpc) is 2.86. The predicted molar refractivity (Wildman–Crippen MR) is 132 cm³/mol. The van der Waals surface area contributed by atoms with E-state index in [0.717, 1.165) is 0 Å². The molecule has 0 aliphatic rings. The standard InChI is InChI=1S/C26H28N2O8/c1-14-12-19(29)22(26(32)36-14)18(17-10-11-20(33-3)24(35-5)23(17)34-4)13-21(30)28-16-8-6-15(7-9-16)25(31)27-2/h6-12,18,29H,13H2,1-5H3,(H,27,31)(H,28,30). The van der Waals surface area contributed by atoms with Gasteiger partial charge in [-0.25, -0.2) is 4.79 Å². The van der Waals surface area contributed by atoms with E-state index in [1.54, 1.807) is 36.4 Å². The third-order valence-corrected chi connectivity index (χ3v) is 5.60. The molecule has 2 aromatic carbocycles. The average molecular weight is 497 g/mol. The van der Waals surface area contributed by atoms with Crippen molar-refractivity contribution in [2.45, 2.75) is 19.3 Å². The number of amides is 2. The summed E-state index contributed by atoms with van der Waals surface area (Å²) >= 11 is 0. The van der Waals surface area contributed by atoms with Crippen molar-refractivity contribution in [1.29, 1.82) is 0 Å².